The molecule has 1 aliphatic rings. The van der Waals surface area contributed by atoms with E-state index in [0.717, 1.165) is 0 Å². The summed E-state index contributed by atoms with van der Waals surface area (Å²) in [6.07, 6.45) is 3.02. The van der Waals surface area contributed by atoms with Crippen LogP contribution in [0.2, 0.25) is 0 Å². The minimum absolute atomic E-state index is 0.0818. The molecular formula is C16H12N4O6. The lowest BCUT2D eigenvalue weighted by Crippen LogP contribution is -2.35. The lowest BCUT2D eigenvalue weighted by atomic mass is 10.2. The number of nitro benzene ring substituents is 1. The van der Waals surface area contributed by atoms with Crippen LogP contribution in [0.1, 0.15) is 5.69 Å². The largest absolute Gasteiger partial charge is 0.480 e. The second-order valence-electron chi connectivity index (χ2n) is 5.35. The molecule has 0 radical (unpaired) electrons. The van der Waals surface area contributed by atoms with E-state index in [1.54, 1.807) is 29.0 Å². The predicted octanol–water partition coefficient (Wildman–Crippen LogP) is 1.36. The van der Waals surface area contributed by atoms with Crippen LogP contribution in [0.15, 0.2) is 48.3 Å². The number of carboxylic acid groups (broad SMARTS) is 1. The molecule has 26 heavy (non-hydrogen) atoms. The van der Waals surface area contributed by atoms with Crippen LogP contribution in [0.25, 0.3) is 11.8 Å². The van der Waals surface area contributed by atoms with Gasteiger partial charge in [0.05, 0.1) is 10.6 Å². The van der Waals surface area contributed by atoms with Crippen LogP contribution in [-0.4, -0.2) is 43.9 Å². The summed E-state index contributed by atoms with van der Waals surface area (Å²) in [4.78, 5) is 45.7. The number of carbonyl (C=O) groups is 3. The number of nitro groups is 1. The summed E-state index contributed by atoms with van der Waals surface area (Å²) < 4.78 is 1.60. The van der Waals surface area contributed by atoms with Crippen molar-refractivity contribution >= 4 is 29.7 Å². The SMILES string of the molecule is O=C(O)CN1C(=O)N/C(=C/c2cccn2-c2cccc([N+](=O)[O-])c2)C1=O. The van der Waals surface area contributed by atoms with Crippen LogP contribution < -0.4 is 5.32 Å². The van der Waals surface area contributed by atoms with Gasteiger partial charge in [0.1, 0.15) is 12.2 Å². The number of nitrogens with one attached hydrogen (secondary N) is 1. The van der Waals surface area contributed by atoms with E-state index in [1.807, 2.05) is 0 Å². The maximum atomic E-state index is 12.2. The molecule has 1 aromatic heterocycles. The normalized spacial score (nSPS) is 15.4. The van der Waals surface area contributed by atoms with Gasteiger partial charge in [-0.2, -0.15) is 0 Å². The molecule has 0 aliphatic carbocycles. The van der Waals surface area contributed by atoms with Crippen molar-refractivity contribution in [1.82, 2.24) is 14.8 Å². The Kier molecular flexibility index (Phi) is 4.23. The standard InChI is InChI=1S/C16H12N4O6/c21-14(22)9-19-15(23)13(17-16(19)24)8-11-5-2-6-18(11)10-3-1-4-12(7-10)20(25)26/h1-8H,9H2,(H,17,24)(H,21,22)/b13-8+. The second-order valence-corrected chi connectivity index (χ2v) is 5.35. The van der Waals surface area contributed by atoms with Gasteiger partial charge < -0.3 is 15.0 Å². The fourth-order valence-corrected chi connectivity index (χ4v) is 2.50. The average Bonchev–Trinajstić information content (AvgIpc) is 3.15. The van der Waals surface area contributed by atoms with Crippen molar-refractivity contribution in [3.05, 3.63) is 64.1 Å². The molecule has 132 valence electrons. The summed E-state index contributed by atoms with van der Waals surface area (Å²) in [7, 11) is 0. The molecule has 0 spiro atoms. The van der Waals surface area contributed by atoms with Gasteiger partial charge in [0.15, 0.2) is 0 Å². The lowest BCUT2D eigenvalue weighted by Gasteiger charge is -2.08. The van der Waals surface area contributed by atoms with Gasteiger partial charge in [0.25, 0.3) is 11.6 Å². The van der Waals surface area contributed by atoms with E-state index in [4.69, 9.17) is 5.11 Å². The van der Waals surface area contributed by atoms with Gasteiger partial charge in [0, 0.05) is 24.0 Å². The number of urea groups is 1. The highest BCUT2D eigenvalue weighted by Gasteiger charge is 2.35. The Morgan fingerprint density at radius 3 is 2.73 bits per heavy atom. The van der Waals surface area contributed by atoms with E-state index >= 15 is 0 Å². The van der Waals surface area contributed by atoms with Gasteiger partial charge in [0.2, 0.25) is 0 Å². The van der Waals surface area contributed by atoms with Gasteiger partial charge in [-0.05, 0) is 24.3 Å². The summed E-state index contributed by atoms with van der Waals surface area (Å²) in [6, 6.07) is 8.40. The third-order valence-electron chi connectivity index (χ3n) is 3.65. The number of imide groups is 1. The zero-order chi connectivity index (χ0) is 18.8. The number of aliphatic carboxylic acids is 1. The number of carboxylic acids is 1. The monoisotopic (exact) mass is 356 g/mol. The Labute approximate surface area is 146 Å². The topological polar surface area (TPSA) is 135 Å². The third kappa shape index (κ3) is 3.15. The molecule has 3 rings (SSSR count). The number of non-ortho nitro benzene ring substituents is 1. The number of hydrogen-bond acceptors (Lipinski definition) is 5. The fraction of sp³-hybridized carbons (Fsp3) is 0.0625. The van der Waals surface area contributed by atoms with Crippen LogP contribution in [0.5, 0.6) is 0 Å². The number of rotatable bonds is 5. The molecule has 0 atom stereocenters. The molecule has 1 aromatic carbocycles. The molecule has 10 nitrogen and oxygen atoms in total. The molecule has 0 saturated carbocycles. The number of amides is 3. The van der Waals surface area contributed by atoms with E-state index in [0.29, 0.717) is 16.3 Å². The van der Waals surface area contributed by atoms with Crippen LogP contribution >= 0.6 is 0 Å². The van der Waals surface area contributed by atoms with E-state index in [9.17, 15) is 24.5 Å². The van der Waals surface area contributed by atoms with Crippen LogP contribution in [-0.2, 0) is 9.59 Å². The number of hydrogen-bond donors (Lipinski definition) is 2. The molecule has 1 saturated heterocycles. The van der Waals surface area contributed by atoms with Gasteiger partial charge in [-0.3, -0.25) is 19.7 Å². The second kappa shape index (κ2) is 6.51. The Morgan fingerprint density at radius 1 is 1.27 bits per heavy atom. The summed E-state index contributed by atoms with van der Waals surface area (Å²) >= 11 is 0. The molecule has 2 heterocycles. The van der Waals surface area contributed by atoms with Gasteiger partial charge in [-0.25, -0.2) is 9.69 Å². The molecular weight excluding hydrogens is 344 g/mol. The zero-order valence-corrected chi connectivity index (χ0v) is 13.2. The maximum Gasteiger partial charge on any atom is 0.329 e. The first kappa shape index (κ1) is 16.9. The first-order valence-corrected chi connectivity index (χ1v) is 7.35. The molecule has 3 amide bonds. The number of benzene rings is 1. The maximum absolute atomic E-state index is 12.2. The average molecular weight is 356 g/mol. The summed E-state index contributed by atoms with van der Waals surface area (Å²) in [5.41, 5.74) is 0.802. The Balaban J connectivity index is 1.95. The van der Waals surface area contributed by atoms with Crippen molar-refractivity contribution < 1.29 is 24.4 Å². The highest BCUT2D eigenvalue weighted by molar-refractivity contribution is 6.15. The molecule has 0 bridgehead atoms. The molecule has 10 heteroatoms. The van der Waals surface area contributed by atoms with Crippen LogP contribution in [0, 0.1) is 10.1 Å². The number of aromatic nitrogens is 1. The first-order valence-electron chi connectivity index (χ1n) is 7.35. The third-order valence-corrected chi connectivity index (χ3v) is 3.65. The van der Waals surface area contributed by atoms with Crippen molar-refractivity contribution in [2.45, 2.75) is 0 Å². The van der Waals surface area contributed by atoms with Crippen LogP contribution in [0.4, 0.5) is 10.5 Å². The Hall–Kier alpha value is -3.95. The first-order chi connectivity index (χ1) is 12.4. The number of carbonyl (C=O) groups excluding carboxylic acids is 2. The highest BCUT2D eigenvalue weighted by atomic mass is 16.6. The molecule has 0 unspecified atom stereocenters. The van der Waals surface area contributed by atoms with E-state index in [2.05, 4.69) is 5.32 Å². The van der Waals surface area contributed by atoms with Crippen LogP contribution in [0.3, 0.4) is 0 Å². The summed E-state index contributed by atoms with van der Waals surface area (Å²) in [5, 5.41) is 22.0. The van der Waals surface area contributed by atoms with Gasteiger partial charge in [-0.15, -0.1) is 0 Å². The molecule has 2 aromatic rings. The lowest BCUT2D eigenvalue weighted by molar-refractivity contribution is -0.384. The van der Waals surface area contributed by atoms with Crippen molar-refractivity contribution in [2.24, 2.45) is 0 Å². The Morgan fingerprint density at radius 2 is 2.04 bits per heavy atom. The smallest absolute Gasteiger partial charge is 0.329 e. The van der Waals surface area contributed by atoms with Crippen molar-refractivity contribution in [3.63, 3.8) is 0 Å². The summed E-state index contributed by atoms with van der Waals surface area (Å²) in [6.45, 7) is -0.742. The van der Waals surface area contributed by atoms with Gasteiger partial charge >= 0.3 is 12.0 Å². The minimum Gasteiger partial charge on any atom is -0.480 e. The van der Waals surface area contributed by atoms with Crippen molar-refractivity contribution in [2.75, 3.05) is 6.54 Å². The molecule has 2 N–H and O–H groups in total. The van der Waals surface area contributed by atoms with E-state index in [-0.39, 0.29) is 11.4 Å². The fourth-order valence-electron chi connectivity index (χ4n) is 2.50. The summed E-state index contributed by atoms with van der Waals surface area (Å²) in [5.74, 6) is -2.07. The zero-order valence-electron chi connectivity index (χ0n) is 13.2. The molecule has 1 fully saturated rings. The minimum atomic E-state index is -1.31. The van der Waals surface area contributed by atoms with Gasteiger partial charge in [-0.1, -0.05) is 6.07 Å². The predicted molar refractivity (Wildman–Crippen MR) is 88.3 cm³/mol. The molecule has 1 aliphatic heterocycles. The van der Waals surface area contributed by atoms with Crippen molar-refractivity contribution in [1.29, 1.82) is 0 Å². The van der Waals surface area contributed by atoms with E-state index in [1.165, 1.54) is 24.3 Å². The Bertz CT molecular complexity index is 961. The number of nitrogens with zero attached hydrogens (tertiary/aromatic N) is 3. The van der Waals surface area contributed by atoms with Crippen molar-refractivity contribution in [3.8, 4) is 5.69 Å². The highest BCUT2D eigenvalue weighted by Crippen LogP contribution is 2.21. The quantitative estimate of drug-likeness (QED) is 0.359. The van der Waals surface area contributed by atoms with E-state index < -0.39 is 29.4 Å².